The molecule has 14 heteroatoms. The predicted molar refractivity (Wildman–Crippen MR) is 173 cm³/mol. The number of aromatic amines is 2. The Balaban J connectivity index is 0.000000526. The second-order valence-electron chi connectivity index (χ2n) is 10.2. The fourth-order valence-corrected chi connectivity index (χ4v) is 5.59. The molecule has 0 atom stereocenters. The van der Waals surface area contributed by atoms with E-state index < -0.39 is 8.59 Å². The molecule has 0 spiro atoms. The number of benzene rings is 4. The van der Waals surface area contributed by atoms with Crippen LogP contribution >= 0.6 is 0 Å². The first-order chi connectivity index (χ1) is 21.8. The van der Waals surface area contributed by atoms with E-state index in [1.165, 1.54) is 0 Å². The van der Waals surface area contributed by atoms with Crippen LogP contribution in [0.4, 0.5) is 0 Å². The van der Waals surface area contributed by atoms with Gasteiger partial charge in [0.25, 0.3) is 0 Å². The number of fused-ring (bicyclic) bond motifs is 20. The van der Waals surface area contributed by atoms with Gasteiger partial charge in [0.05, 0.1) is 0 Å². The fourth-order valence-electron chi connectivity index (χ4n) is 5.59. The van der Waals surface area contributed by atoms with Crippen LogP contribution in [0.2, 0.25) is 0 Å². The van der Waals surface area contributed by atoms with Gasteiger partial charge >= 0.3 is 36.2 Å². The number of hydrogen-bond donors (Lipinski definition) is 4. The maximum atomic E-state index is 9.05. The largest absolute Gasteiger partial charge is 0.324 e. The van der Waals surface area contributed by atoms with E-state index in [1.807, 2.05) is 97.1 Å². The number of aromatic nitrogens is 8. The van der Waals surface area contributed by atoms with Crippen LogP contribution in [-0.4, -0.2) is 52.8 Å². The number of hydrogen-bond acceptors (Lipinski definition) is 9. The summed E-state index contributed by atoms with van der Waals surface area (Å²) < 4.78 is 25.5. The maximum absolute atomic E-state index is 9.05. The summed E-state index contributed by atoms with van der Waals surface area (Å²) in [5.74, 6) is 2.39. The van der Waals surface area contributed by atoms with E-state index in [9.17, 15) is 0 Å². The molecule has 46 heavy (non-hydrogen) atoms. The molecule has 6 N–H and O–H groups in total. The van der Waals surface area contributed by atoms with Crippen LogP contribution in [0, 0.1) is 0 Å². The van der Waals surface area contributed by atoms with E-state index in [1.54, 1.807) is 0 Å². The van der Waals surface area contributed by atoms with Gasteiger partial charge in [0.2, 0.25) is 0 Å². The Morgan fingerprint density at radius 3 is 0.913 bits per heavy atom. The van der Waals surface area contributed by atoms with E-state index in [0.29, 0.717) is 45.9 Å². The summed E-state index contributed by atoms with van der Waals surface area (Å²) in [6.45, 7) is 0. The summed E-state index contributed by atoms with van der Waals surface area (Å²) in [7, 11) is -3.98. The van der Waals surface area contributed by atoms with Crippen LogP contribution in [0.25, 0.3) is 89.7 Å². The zero-order valence-corrected chi connectivity index (χ0v) is 25.5. The fraction of sp³-hybridized carbons (Fsp3) is 0. The average Bonchev–Trinajstić information content (AvgIpc) is 3.76. The molecule has 0 aliphatic carbocycles. The summed E-state index contributed by atoms with van der Waals surface area (Å²) in [6, 6.07) is 32.2. The molecule has 8 bridgehead atoms. The van der Waals surface area contributed by atoms with Crippen molar-refractivity contribution in [3.05, 3.63) is 97.1 Å². The average molecular weight is 672 g/mol. The van der Waals surface area contributed by atoms with Gasteiger partial charge in [-0.15, -0.1) is 0 Å². The zero-order chi connectivity index (χ0) is 30.7. The van der Waals surface area contributed by atoms with Crippen LogP contribution in [0.1, 0.15) is 0 Å². The van der Waals surface area contributed by atoms with Crippen molar-refractivity contribution < 1.29 is 27.6 Å². The smallest absolute Gasteiger partial charge is 0.164 e. The van der Waals surface area contributed by atoms with E-state index in [-0.39, 0.29) is 6.15 Å². The Bertz CT molecular complexity index is 2290. The Hall–Kier alpha value is -5.38. The first-order valence-electron chi connectivity index (χ1n) is 13.6. The van der Waals surface area contributed by atoms with Gasteiger partial charge in [0, 0.05) is 43.8 Å². The number of nitrogens with zero attached hydrogens (tertiary/aromatic N) is 6. The van der Waals surface area contributed by atoms with Gasteiger partial charge in [0.1, 0.15) is 22.6 Å². The topological polar surface area (TPSA) is 198 Å². The van der Waals surface area contributed by atoms with Gasteiger partial charge in [-0.25, -0.2) is 29.9 Å². The first kappa shape index (κ1) is 29.3. The molecule has 3 aromatic heterocycles. The van der Waals surface area contributed by atoms with E-state index >= 15 is 0 Å². The minimum Gasteiger partial charge on any atom is -0.324 e. The molecule has 2 aliphatic heterocycles. The van der Waals surface area contributed by atoms with Crippen LogP contribution in [0.5, 0.6) is 0 Å². The summed E-state index contributed by atoms with van der Waals surface area (Å²) in [4.78, 5) is 36.8. The van der Waals surface area contributed by atoms with Gasteiger partial charge in [-0.2, -0.15) is 0 Å². The molecule has 2 aliphatic rings. The Morgan fingerprint density at radius 2 is 0.674 bits per heavy atom. The van der Waals surface area contributed by atoms with Crippen molar-refractivity contribution in [2.45, 2.75) is 0 Å². The molecular weight excluding hydrogens is 649 g/mol. The molecule has 7 aromatic rings. The standard InChI is InChI=1S/C32H18N8.Co.H3N.HO3S/c1-2-10-18-17(9-1)25-33-26(18)38-28-21-13-5-6-14-22(21)30(35-28)40-32-24-16-8-7-15-23(24)31(36-32)39-29-20-12-4-3-11-19(20)27(34-29)37-25;;;1-4(2)3/h1-16H,(H2,33,34,35,36,37,38,39,40);;1H3;(H,1,2,3). The van der Waals surface area contributed by atoms with Crippen molar-refractivity contribution in [1.82, 2.24) is 46.0 Å². The minimum atomic E-state index is -3.98. The van der Waals surface area contributed by atoms with Crippen LogP contribution in [0.15, 0.2) is 97.1 Å². The van der Waals surface area contributed by atoms with Crippen molar-refractivity contribution in [2.75, 3.05) is 0 Å². The molecule has 228 valence electrons. The quantitative estimate of drug-likeness (QED) is 0.131. The molecule has 12 nitrogen and oxygen atoms in total. The summed E-state index contributed by atoms with van der Waals surface area (Å²) in [5.41, 5.74) is 6.45. The normalized spacial score (nSPS) is 11.7. The molecule has 0 radical (unpaired) electrons. The zero-order valence-electron chi connectivity index (χ0n) is 23.6. The third-order valence-corrected chi connectivity index (χ3v) is 7.46. The Kier molecular flexibility index (Phi) is 7.14. The van der Waals surface area contributed by atoms with Gasteiger partial charge in [-0.05, 0) is 0 Å². The van der Waals surface area contributed by atoms with E-state index in [4.69, 9.17) is 42.9 Å². The van der Waals surface area contributed by atoms with E-state index in [2.05, 4.69) is 24.6 Å². The summed E-state index contributed by atoms with van der Waals surface area (Å²) in [5, 5.41) is 3.82. The molecule has 0 amide bonds. The van der Waals surface area contributed by atoms with Crippen molar-refractivity contribution in [3.63, 3.8) is 0 Å². The minimum absolute atomic E-state index is 0. The second kappa shape index (κ2) is 11.2. The first-order valence-corrected chi connectivity index (χ1v) is 16.2. The van der Waals surface area contributed by atoms with Gasteiger partial charge in [-0.3, -0.25) is 0 Å². The molecule has 0 saturated carbocycles. The Morgan fingerprint density at radius 1 is 0.457 bits per heavy atom. The van der Waals surface area contributed by atoms with Crippen molar-refractivity contribution in [3.8, 4) is 45.6 Å². The molecule has 5 heterocycles. The molecule has 9 rings (SSSR count). The van der Waals surface area contributed by atoms with Crippen LogP contribution in [0.3, 0.4) is 0 Å². The van der Waals surface area contributed by atoms with Crippen molar-refractivity contribution in [1.29, 1.82) is 0 Å². The summed E-state index contributed by atoms with van der Waals surface area (Å²) in [6.07, 6.45) is 0. The molecule has 0 fully saturated rings. The second-order valence-corrected chi connectivity index (χ2v) is 12.6. The number of rotatable bonds is 0. The Labute approximate surface area is 268 Å². The van der Waals surface area contributed by atoms with Gasteiger partial charge in [-0.1, -0.05) is 97.1 Å². The molecule has 0 unspecified atom stereocenters. The van der Waals surface area contributed by atoms with Crippen molar-refractivity contribution >= 4 is 52.7 Å². The molecular formula is C32H22CoN9O3S. The van der Waals surface area contributed by atoms with Gasteiger partial charge < -0.3 is 16.1 Å². The molecule has 4 aromatic carbocycles. The number of H-pyrrole nitrogens is 2. The van der Waals surface area contributed by atoms with E-state index in [0.717, 1.165) is 43.8 Å². The maximum Gasteiger partial charge on any atom is 0.164 e. The summed E-state index contributed by atoms with van der Waals surface area (Å²) >= 11 is 2.69. The SMILES string of the molecule is N.O=[S](=O)(O)[Co].c1ccc2c(c1)-c1nc-2nc2[nH]c(nc3nc(nc4[nH]c(n1)c1ccccc41)-c1ccccc1-3)c1ccccc21. The number of nitrogens with one attached hydrogen (secondary N) is 2. The van der Waals surface area contributed by atoms with Crippen LogP contribution < -0.4 is 6.15 Å². The third-order valence-electron chi connectivity index (χ3n) is 7.46. The van der Waals surface area contributed by atoms with Crippen molar-refractivity contribution in [2.24, 2.45) is 0 Å². The third kappa shape index (κ3) is 5.19. The monoisotopic (exact) mass is 671 g/mol. The predicted octanol–water partition coefficient (Wildman–Crippen LogP) is 6.37. The molecule has 0 saturated heterocycles. The van der Waals surface area contributed by atoms with Gasteiger partial charge in [0.15, 0.2) is 23.3 Å². The van der Waals surface area contributed by atoms with Crippen LogP contribution in [-0.2, 0) is 23.2 Å².